The molecule has 2 rings (SSSR count). The van der Waals surface area contributed by atoms with Crippen molar-refractivity contribution in [2.45, 2.75) is 32.7 Å². The highest BCUT2D eigenvalue weighted by atomic mass is 32.1. The molecule has 0 saturated carbocycles. The van der Waals surface area contributed by atoms with Gasteiger partial charge in [0.05, 0.1) is 5.69 Å². The summed E-state index contributed by atoms with van der Waals surface area (Å²) < 4.78 is 0. The summed E-state index contributed by atoms with van der Waals surface area (Å²) in [6.07, 6.45) is 2.33. The SMILES string of the molecule is CCCc1ccc(-c2nc(C(C)N)cs2)cc1. The Balaban J connectivity index is 2.21. The quantitative estimate of drug-likeness (QED) is 0.891. The van der Waals surface area contributed by atoms with E-state index in [9.17, 15) is 0 Å². The Kier molecular flexibility index (Phi) is 3.92. The lowest BCUT2D eigenvalue weighted by atomic mass is 10.1. The molecule has 0 radical (unpaired) electrons. The summed E-state index contributed by atoms with van der Waals surface area (Å²) in [5, 5.41) is 3.10. The van der Waals surface area contributed by atoms with Crippen LogP contribution in [0.15, 0.2) is 29.6 Å². The van der Waals surface area contributed by atoms with Gasteiger partial charge in [-0.3, -0.25) is 0 Å². The molecule has 0 aliphatic carbocycles. The molecule has 0 amide bonds. The fourth-order valence-electron chi connectivity index (χ4n) is 1.73. The van der Waals surface area contributed by atoms with Crippen LogP contribution in [0.4, 0.5) is 0 Å². The third-order valence-corrected chi connectivity index (χ3v) is 3.64. The van der Waals surface area contributed by atoms with Gasteiger partial charge in [0.2, 0.25) is 0 Å². The molecule has 90 valence electrons. The molecule has 0 fully saturated rings. The van der Waals surface area contributed by atoms with E-state index in [0.717, 1.165) is 17.1 Å². The molecule has 0 spiro atoms. The van der Waals surface area contributed by atoms with Crippen LogP contribution in [0.2, 0.25) is 0 Å². The Labute approximate surface area is 107 Å². The molecule has 1 aromatic carbocycles. The van der Waals surface area contributed by atoms with E-state index in [-0.39, 0.29) is 6.04 Å². The van der Waals surface area contributed by atoms with Crippen LogP contribution in [0.3, 0.4) is 0 Å². The smallest absolute Gasteiger partial charge is 0.123 e. The molecule has 0 saturated heterocycles. The molecular formula is C14H18N2S. The molecule has 2 N–H and O–H groups in total. The summed E-state index contributed by atoms with van der Waals surface area (Å²) in [6.45, 7) is 4.16. The van der Waals surface area contributed by atoms with Gasteiger partial charge in [0.25, 0.3) is 0 Å². The first-order chi connectivity index (χ1) is 8.20. The van der Waals surface area contributed by atoms with Gasteiger partial charge in [0.1, 0.15) is 5.01 Å². The molecule has 0 aliphatic heterocycles. The van der Waals surface area contributed by atoms with E-state index in [4.69, 9.17) is 5.73 Å². The van der Waals surface area contributed by atoms with Crippen LogP contribution < -0.4 is 5.73 Å². The molecular weight excluding hydrogens is 228 g/mol. The first-order valence-corrected chi connectivity index (χ1v) is 6.89. The number of nitrogens with two attached hydrogens (primary N) is 1. The standard InChI is InChI=1S/C14H18N2S/c1-3-4-11-5-7-12(8-6-11)14-16-13(9-17-14)10(2)15/h5-10H,3-4,15H2,1-2H3. The van der Waals surface area contributed by atoms with Crippen LogP contribution >= 0.6 is 11.3 Å². The number of aryl methyl sites for hydroxylation is 1. The summed E-state index contributed by atoms with van der Waals surface area (Å²) in [7, 11) is 0. The number of rotatable bonds is 4. The zero-order chi connectivity index (χ0) is 12.3. The first kappa shape index (κ1) is 12.3. The second kappa shape index (κ2) is 5.43. The Morgan fingerprint density at radius 3 is 2.53 bits per heavy atom. The van der Waals surface area contributed by atoms with Crippen LogP contribution in [-0.4, -0.2) is 4.98 Å². The maximum atomic E-state index is 5.81. The fraction of sp³-hybridized carbons (Fsp3) is 0.357. The summed E-state index contributed by atoms with van der Waals surface area (Å²) in [5.41, 5.74) is 9.36. The molecule has 1 aromatic heterocycles. The zero-order valence-corrected chi connectivity index (χ0v) is 11.1. The van der Waals surface area contributed by atoms with E-state index in [0.29, 0.717) is 0 Å². The minimum atomic E-state index is 0.0133. The fourth-order valence-corrected chi connectivity index (χ4v) is 2.66. The number of nitrogens with zero attached hydrogens (tertiary/aromatic N) is 1. The van der Waals surface area contributed by atoms with E-state index in [1.165, 1.54) is 17.5 Å². The van der Waals surface area contributed by atoms with Crippen LogP contribution in [0.1, 0.15) is 37.6 Å². The molecule has 0 bridgehead atoms. The Hall–Kier alpha value is -1.19. The summed E-state index contributed by atoms with van der Waals surface area (Å²) in [4.78, 5) is 4.55. The van der Waals surface area contributed by atoms with Crippen molar-refractivity contribution in [1.29, 1.82) is 0 Å². The lowest BCUT2D eigenvalue weighted by Crippen LogP contribution is -2.04. The lowest BCUT2D eigenvalue weighted by Gasteiger charge is -2.01. The first-order valence-electron chi connectivity index (χ1n) is 6.01. The second-order valence-corrected chi connectivity index (χ2v) is 5.17. The van der Waals surface area contributed by atoms with Gasteiger partial charge in [-0.1, -0.05) is 37.6 Å². The molecule has 1 heterocycles. The van der Waals surface area contributed by atoms with Crippen molar-refractivity contribution >= 4 is 11.3 Å². The summed E-state index contributed by atoms with van der Waals surface area (Å²) in [6, 6.07) is 8.68. The Morgan fingerprint density at radius 2 is 2.00 bits per heavy atom. The largest absolute Gasteiger partial charge is 0.323 e. The Morgan fingerprint density at radius 1 is 1.29 bits per heavy atom. The van der Waals surface area contributed by atoms with Crippen molar-refractivity contribution in [2.75, 3.05) is 0 Å². The lowest BCUT2D eigenvalue weighted by molar-refractivity contribution is 0.790. The molecule has 2 aromatic rings. The minimum Gasteiger partial charge on any atom is -0.323 e. The van der Waals surface area contributed by atoms with Crippen LogP contribution in [0.5, 0.6) is 0 Å². The monoisotopic (exact) mass is 246 g/mol. The van der Waals surface area contributed by atoms with Crippen LogP contribution in [-0.2, 0) is 6.42 Å². The molecule has 3 heteroatoms. The predicted octanol–water partition coefficient (Wildman–Crippen LogP) is 3.78. The van der Waals surface area contributed by atoms with Crippen molar-refractivity contribution in [3.63, 3.8) is 0 Å². The van der Waals surface area contributed by atoms with E-state index < -0.39 is 0 Å². The maximum Gasteiger partial charge on any atom is 0.123 e. The van der Waals surface area contributed by atoms with Crippen LogP contribution in [0.25, 0.3) is 10.6 Å². The number of hydrogen-bond acceptors (Lipinski definition) is 3. The minimum absolute atomic E-state index is 0.0133. The predicted molar refractivity (Wildman–Crippen MR) is 74.1 cm³/mol. The van der Waals surface area contributed by atoms with Gasteiger partial charge in [-0.2, -0.15) is 0 Å². The number of thiazole rings is 1. The van der Waals surface area contributed by atoms with E-state index in [1.807, 2.05) is 12.3 Å². The number of benzene rings is 1. The topological polar surface area (TPSA) is 38.9 Å². The van der Waals surface area contributed by atoms with Crippen molar-refractivity contribution < 1.29 is 0 Å². The second-order valence-electron chi connectivity index (χ2n) is 4.31. The highest BCUT2D eigenvalue weighted by Crippen LogP contribution is 2.25. The molecule has 2 nitrogen and oxygen atoms in total. The van der Waals surface area contributed by atoms with E-state index >= 15 is 0 Å². The molecule has 0 aliphatic rings. The van der Waals surface area contributed by atoms with Crippen molar-refractivity contribution in [2.24, 2.45) is 5.73 Å². The van der Waals surface area contributed by atoms with Gasteiger partial charge < -0.3 is 5.73 Å². The maximum absolute atomic E-state index is 5.81. The van der Waals surface area contributed by atoms with Gasteiger partial charge in [-0.05, 0) is 18.9 Å². The van der Waals surface area contributed by atoms with Crippen LogP contribution in [0, 0.1) is 0 Å². The Bertz CT molecular complexity index is 471. The highest BCUT2D eigenvalue weighted by molar-refractivity contribution is 7.13. The van der Waals surface area contributed by atoms with Gasteiger partial charge in [-0.15, -0.1) is 11.3 Å². The summed E-state index contributed by atoms with van der Waals surface area (Å²) in [5.74, 6) is 0. The summed E-state index contributed by atoms with van der Waals surface area (Å²) >= 11 is 1.66. The average molecular weight is 246 g/mol. The third kappa shape index (κ3) is 2.93. The van der Waals surface area contributed by atoms with Crippen molar-refractivity contribution in [3.8, 4) is 10.6 Å². The van der Waals surface area contributed by atoms with Gasteiger partial charge in [0, 0.05) is 17.0 Å². The van der Waals surface area contributed by atoms with Crippen molar-refractivity contribution in [1.82, 2.24) is 4.98 Å². The van der Waals surface area contributed by atoms with Gasteiger partial charge >= 0.3 is 0 Å². The molecule has 1 atom stereocenters. The third-order valence-electron chi connectivity index (χ3n) is 2.73. The van der Waals surface area contributed by atoms with Gasteiger partial charge in [-0.25, -0.2) is 4.98 Å². The van der Waals surface area contributed by atoms with Crippen molar-refractivity contribution in [3.05, 3.63) is 40.9 Å². The van der Waals surface area contributed by atoms with E-state index in [2.05, 4.69) is 36.2 Å². The average Bonchev–Trinajstić information content (AvgIpc) is 2.80. The van der Waals surface area contributed by atoms with Gasteiger partial charge in [0.15, 0.2) is 0 Å². The van der Waals surface area contributed by atoms with E-state index in [1.54, 1.807) is 11.3 Å². The highest BCUT2D eigenvalue weighted by Gasteiger charge is 2.07. The number of aromatic nitrogens is 1. The molecule has 17 heavy (non-hydrogen) atoms. The zero-order valence-electron chi connectivity index (χ0n) is 10.3. The number of hydrogen-bond donors (Lipinski definition) is 1. The molecule has 1 unspecified atom stereocenters. The normalized spacial score (nSPS) is 12.6.